The summed E-state index contributed by atoms with van der Waals surface area (Å²) in [6, 6.07) is 12.5. The van der Waals surface area contributed by atoms with E-state index < -0.39 is 11.9 Å². The fraction of sp³-hybridized carbons (Fsp3) is 0.273. The second-order valence-electron chi connectivity index (χ2n) is 7.00. The van der Waals surface area contributed by atoms with E-state index in [1.165, 1.54) is 4.90 Å². The van der Waals surface area contributed by atoms with E-state index in [0.29, 0.717) is 55.5 Å². The van der Waals surface area contributed by atoms with Crippen molar-refractivity contribution in [3.8, 4) is 11.5 Å². The first-order chi connectivity index (χ1) is 14.2. The third-order valence-corrected chi connectivity index (χ3v) is 5.21. The summed E-state index contributed by atoms with van der Waals surface area (Å²) in [7, 11) is 0. The number of amides is 1. The number of pyridine rings is 1. The predicted molar refractivity (Wildman–Crippen MR) is 104 cm³/mol. The van der Waals surface area contributed by atoms with Gasteiger partial charge in [-0.1, -0.05) is 24.3 Å². The van der Waals surface area contributed by atoms with Crippen molar-refractivity contribution in [3.63, 3.8) is 0 Å². The molecule has 5 rings (SSSR count). The zero-order chi connectivity index (χ0) is 19.7. The first-order valence-corrected chi connectivity index (χ1v) is 9.60. The molecular formula is C22H20N2O5. The third-order valence-electron chi connectivity index (χ3n) is 5.21. The number of hydrogen-bond donors (Lipinski definition) is 0. The number of ether oxygens (including phenoxy) is 4. The van der Waals surface area contributed by atoms with Gasteiger partial charge in [0.1, 0.15) is 12.0 Å². The SMILES string of the molecule is O=C(Oc1ccccc1)N1C(C2=CCC3(CC2)OCCO3)=COc2cccnc21. The quantitative estimate of drug-likeness (QED) is 0.764. The molecule has 7 heteroatoms. The summed E-state index contributed by atoms with van der Waals surface area (Å²) >= 11 is 0. The first kappa shape index (κ1) is 17.9. The average Bonchev–Trinajstić information content (AvgIpc) is 3.22. The third kappa shape index (κ3) is 3.39. The Hall–Kier alpha value is -3.16. The van der Waals surface area contributed by atoms with Crippen molar-refractivity contribution in [1.29, 1.82) is 0 Å². The molecule has 0 N–H and O–H groups in total. The van der Waals surface area contributed by atoms with Crippen LogP contribution in [0.2, 0.25) is 0 Å². The van der Waals surface area contributed by atoms with E-state index in [1.807, 2.05) is 24.3 Å². The Bertz CT molecular complexity index is 980. The van der Waals surface area contributed by atoms with Crippen LogP contribution in [-0.2, 0) is 9.47 Å². The summed E-state index contributed by atoms with van der Waals surface area (Å²) in [6.07, 6.45) is 6.73. The Balaban J connectivity index is 1.46. The molecule has 1 fully saturated rings. The maximum absolute atomic E-state index is 13.1. The fourth-order valence-electron chi connectivity index (χ4n) is 3.77. The maximum Gasteiger partial charge on any atom is 0.425 e. The van der Waals surface area contributed by atoms with Crippen LogP contribution in [0, 0.1) is 0 Å². The molecule has 2 aromatic rings. The van der Waals surface area contributed by atoms with Crippen LogP contribution < -0.4 is 14.4 Å². The van der Waals surface area contributed by atoms with E-state index in [0.717, 1.165) is 5.57 Å². The molecule has 0 atom stereocenters. The largest absolute Gasteiger partial charge is 0.459 e. The molecule has 0 saturated carbocycles. The number of fused-ring (bicyclic) bond motifs is 1. The van der Waals surface area contributed by atoms with E-state index in [1.54, 1.807) is 36.7 Å². The average molecular weight is 392 g/mol. The molecule has 3 aliphatic rings. The van der Waals surface area contributed by atoms with Crippen LogP contribution in [0.25, 0.3) is 0 Å². The standard InChI is InChI=1S/C22H20N2O5/c25-21(29-17-5-2-1-3-6-17)24-18(15-26-19-7-4-12-23-20(19)24)16-8-10-22(11-9-16)27-13-14-28-22/h1-8,12,15H,9-11,13-14H2. The minimum Gasteiger partial charge on any atom is -0.459 e. The highest BCUT2D eigenvalue weighted by atomic mass is 16.7. The van der Waals surface area contributed by atoms with E-state index in [-0.39, 0.29) is 0 Å². The highest BCUT2D eigenvalue weighted by molar-refractivity contribution is 5.94. The van der Waals surface area contributed by atoms with Crippen molar-refractivity contribution in [2.24, 2.45) is 0 Å². The van der Waals surface area contributed by atoms with Crippen molar-refractivity contribution < 1.29 is 23.7 Å². The highest BCUT2D eigenvalue weighted by Crippen LogP contribution is 2.41. The van der Waals surface area contributed by atoms with Crippen molar-refractivity contribution in [3.05, 3.63) is 72.3 Å². The lowest BCUT2D eigenvalue weighted by molar-refractivity contribution is -0.161. The Morgan fingerprint density at radius 3 is 2.69 bits per heavy atom. The smallest absolute Gasteiger partial charge is 0.425 e. The van der Waals surface area contributed by atoms with Gasteiger partial charge in [-0.15, -0.1) is 0 Å². The number of carbonyl (C=O) groups excluding carboxylic acids is 1. The van der Waals surface area contributed by atoms with Crippen LogP contribution in [0.15, 0.2) is 72.3 Å². The summed E-state index contributed by atoms with van der Waals surface area (Å²) in [6.45, 7) is 1.23. The van der Waals surface area contributed by atoms with Gasteiger partial charge in [-0.3, -0.25) is 0 Å². The molecule has 1 saturated heterocycles. The van der Waals surface area contributed by atoms with Crippen molar-refractivity contribution in [2.45, 2.75) is 25.0 Å². The number of nitrogens with zero attached hydrogens (tertiary/aromatic N) is 2. The maximum atomic E-state index is 13.1. The molecule has 29 heavy (non-hydrogen) atoms. The van der Waals surface area contributed by atoms with Crippen LogP contribution in [0.3, 0.4) is 0 Å². The number of aromatic nitrogens is 1. The lowest BCUT2D eigenvalue weighted by Crippen LogP contribution is -2.38. The molecule has 0 unspecified atom stereocenters. The molecule has 7 nitrogen and oxygen atoms in total. The summed E-state index contributed by atoms with van der Waals surface area (Å²) in [5.41, 5.74) is 1.58. The van der Waals surface area contributed by atoms with Gasteiger partial charge < -0.3 is 18.9 Å². The molecule has 148 valence electrons. The second kappa shape index (κ2) is 7.35. The Labute approximate surface area is 168 Å². The molecule has 0 bridgehead atoms. The van der Waals surface area contributed by atoms with E-state index in [4.69, 9.17) is 18.9 Å². The van der Waals surface area contributed by atoms with Gasteiger partial charge in [0.2, 0.25) is 0 Å². The van der Waals surface area contributed by atoms with Crippen LogP contribution >= 0.6 is 0 Å². The number of benzene rings is 1. The van der Waals surface area contributed by atoms with Gasteiger partial charge in [-0.2, -0.15) is 0 Å². The molecule has 3 heterocycles. The van der Waals surface area contributed by atoms with Gasteiger partial charge >= 0.3 is 6.09 Å². The number of hydrogen-bond acceptors (Lipinski definition) is 6. The van der Waals surface area contributed by atoms with Crippen LogP contribution in [0.5, 0.6) is 11.5 Å². The number of carbonyl (C=O) groups is 1. The van der Waals surface area contributed by atoms with E-state index in [9.17, 15) is 4.79 Å². The van der Waals surface area contributed by atoms with Gasteiger partial charge in [0, 0.05) is 19.0 Å². The van der Waals surface area contributed by atoms with Gasteiger partial charge in [0.25, 0.3) is 0 Å². The summed E-state index contributed by atoms with van der Waals surface area (Å²) < 4.78 is 22.9. The fourth-order valence-corrected chi connectivity index (χ4v) is 3.77. The normalized spacial score (nSPS) is 19.8. The predicted octanol–water partition coefficient (Wildman–Crippen LogP) is 4.17. The molecule has 1 aromatic carbocycles. The Morgan fingerprint density at radius 2 is 1.93 bits per heavy atom. The monoisotopic (exact) mass is 392 g/mol. The molecule has 1 amide bonds. The molecule has 1 aliphatic carbocycles. The van der Waals surface area contributed by atoms with E-state index >= 15 is 0 Å². The highest BCUT2D eigenvalue weighted by Gasteiger charge is 2.40. The van der Waals surface area contributed by atoms with Crippen LogP contribution in [-0.4, -0.2) is 30.1 Å². The minimum absolute atomic E-state index is 0.403. The van der Waals surface area contributed by atoms with Crippen molar-refractivity contribution in [2.75, 3.05) is 18.1 Å². The topological polar surface area (TPSA) is 70.1 Å². The number of rotatable bonds is 2. The summed E-state index contributed by atoms with van der Waals surface area (Å²) in [4.78, 5) is 19.0. The Morgan fingerprint density at radius 1 is 1.10 bits per heavy atom. The molecule has 2 aliphatic heterocycles. The molecule has 0 radical (unpaired) electrons. The number of para-hydroxylation sites is 1. The zero-order valence-electron chi connectivity index (χ0n) is 15.7. The molecule has 1 spiro atoms. The van der Waals surface area contributed by atoms with Gasteiger partial charge in [-0.25, -0.2) is 14.7 Å². The van der Waals surface area contributed by atoms with Gasteiger partial charge in [0.15, 0.2) is 17.4 Å². The van der Waals surface area contributed by atoms with Crippen molar-refractivity contribution in [1.82, 2.24) is 4.98 Å². The van der Waals surface area contributed by atoms with Crippen molar-refractivity contribution >= 4 is 11.9 Å². The first-order valence-electron chi connectivity index (χ1n) is 9.60. The lowest BCUT2D eigenvalue weighted by Gasteiger charge is -2.34. The summed E-state index contributed by atoms with van der Waals surface area (Å²) in [5, 5.41) is 0. The summed E-state index contributed by atoms with van der Waals surface area (Å²) in [5.74, 6) is 0.827. The number of allylic oxidation sites excluding steroid dienone is 1. The van der Waals surface area contributed by atoms with Gasteiger partial charge in [-0.05, 0) is 36.3 Å². The second-order valence-corrected chi connectivity index (χ2v) is 7.00. The molecular weight excluding hydrogens is 372 g/mol. The Kier molecular flexibility index (Phi) is 4.54. The number of anilines is 1. The zero-order valence-corrected chi connectivity index (χ0v) is 15.7. The van der Waals surface area contributed by atoms with Crippen LogP contribution in [0.1, 0.15) is 19.3 Å². The van der Waals surface area contributed by atoms with Gasteiger partial charge in [0.05, 0.1) is 18.9 Å². The minimum atomic E-state index is -0.541. The van der Waals surface area contributed by atoms with E-state index in [2.05, 4.69) is 4.98 Å². The molecule has 1 aromatic heterocycles. The lowest BCUT2D eigenvalue weighted by atomic mass is 9.92. The van der Waals surface area contributed by atoms with Crippen LogP contribution in [0.4, 0.5) is 10.6 Å².